The Morgan fingerprint density at radius 3 is 2.50 bits per heavy atom. The lowest BCUT2D eigenvalue weighted by Gasteiger charge is -2.16. The molecule has 2 heterocycles. The summed E-state index contributed by atoms with van der Waals surface area (Å²) in [5, 5.41) is 9.66. The number of carbonyl (C=O) groups excluding carboxylic acids is 1. The summed E-state index contributed by atoms with van der Waals surface area (Å²) < 4.78 is 4.83. The van der Waals surface area contributed by atoms with Crippen molar-refractivity contribution in [3.05, 3.63) is 104 Å². The molecule has 0 atom stereocenters. The lowest BCUT2D eigenvalue weighted by Crippen LogP contribution is -2.23. The molecule has 0 fully saturated rings. The van der Waals surface area contributed by atoms with Crippen molar-refractivity contribution in [3.8, 4) is 0 Å². The molecule has 0 spiro atoms. The van der Waals surface area contributed by atoms with Gasteiger partial charge in [-0.15, -0.1) is 11.3 Å². The molecule has 0 saturated carbocycles. The molecule has 1 amide bonds. The number of hydrogen-bond acceptors (Lipinski definition) is 5. The highest BCUT2D eigenvalue weighted by atomic mass is 32.1. The zero-order valence-electron chi connectivity index (χ0n) is 19.5. The van der Waals surface area contributed by atoms with E-state index in [-0.39, 0.29) is 5.91 Å². The molecule has 4 aromatic rings. The second-order valence-corrected chi connectivity index (χ2v) is 9.67. The second-order valence-electron chi connectivity index (χ2n) is 8.27. The number of thiophene rings is 1. The van der Waals surface area contributed by atoms with Crippen LogP contribution in [-0.2, 0) is 32.6 Å². The van der Waals surface area contributed by atoms with E-state index < -0.39 is 0 Å². The largest absolute Gasteiger partial charge is 0.355 e. The van der Waals surface area contributed by atoms with Crippen LogP contribution in [0, 0.1) is 4.77 Å². The molecule has 0 unspecified atom stereocenters. The number of amides is 1. The van der Waals surface area contributed by atoms with Crippen LogP contribution in [-0.4, -0.2) is 39.3 Å². The summed E-state index contributed by atoms with van der Waals surface area (Å²) in [7, 11) is 3.69. The first-order valence-electron chi connectivity index (χ1n) is 11.3. The van der Waals surface area contributed by atoms with E-state index in [2.05, 4.69) is 63.6 Å². The molecule has 0 bridgehead atoms. The number of aryl methyl sites for hydroxylation is 1. The number of carbonyl (C=O) groups is 1. The molecule has 2 aromatic carbocycles. The molecule has 0 saturated heterocycles. The SMILES string of the molecule is CNC(=O)c1ccc(CN(C)Cn2nc(Cc3cccs3)n(CCc3ccccc3)c2=S)cc1. The Hall–Kier alpha value is -3.07. The highest BCUT2D eigenvalue weighted by molar-refractivity contribution is 7.71. The molecule has 34 heavy (non-hydrogen) atoms. The number of benzene rings is 2. The van der Waals surface area contributed by atoms with E-state index >= 15 is 0 Å². The molecule has 176 valence electrons. The highest BCUT2D eigenvalue weighted by Crippen LogP contribution is 2.16. The maximum absolute atomic E-state index is 11.8. The van der Waals surface area contributed by atoms with Crippen LogP contribution in [0.25, 0.3) is 0 Å². The van der Waals surface area contributed by atoms with Gasteiger partial charge in [-0.2, -0.15) is 5.10 Å². The molecular formula is C26H29N5OS2. The van der Waals surface area contributed by atoms with Crippen molar-refractivity contribution in [2.24, 2.45) is 0 Å². The topological polar surface area (TPSA) is 55.1 Å². The van der Waals surface area contributed by atoms with Gasteiger partial charge in [0.15, 0.2) is 4.77 Å². The zero-order chi connectivity index (χ0) is 23.9. The van der Waals surface area contributed by atoms with Gasteiger partial charge in [0.25, 0.3) is 5.91 Å². The number of nitrogens with one attached hydrogen (secondary N) is 1. The van der Waals surface area contributed by atoms with Crippen LogP contribution in [0.15, 0.2) is 72.1 Å². The van der Waals surface area contributed by atoms with Gasteiger partial charge in [-0.1, -0.05) is 48.5 Å². The van der Waals surface area contributed by atoms with Crippen LogP contribution >= 0.6 is 23.6 Å². The number of hydrogen-bond donors (Lipinski definition) is 1. The van der Waals surface area contributed by atoms with Crippen LogP contribution in [0.5, 0.6) is 0 Å². The quantitative estimate of drug-likeness (QED) is 0.325. The van der Waals surface area contributed by atoms with Crippen LogP contribution in [0.3, 0.4) is 0 Å². The van der Waals surface area contributed by atoms with E-state index in [9.17, 15) is 4.79 Å². The number of nitrogens with zero attached hydrogens (tertiary/aromatic N) is 4. The fourth-order valence-corrected chi connectivity index (χ4v) is 4.88. The molecular weight excluding hydrogens is 462 g/mol. The predicted octanol–water partition coefficient (Wildman–Crippen LogP) is 4.76. The summed E-state index contributed by atoms with van der Waals surface area (Å²) in [6.45, 7) is 2.12. The van der Waals surface area contributed by atoms with Gasteiger partial charge in [0.05, 0.1) is 6.67 Å². The second kappa shape index (κ2) is 11.4. The Bertz CT molecular complexity index is 1260. The van der Waals surface area contributed by atoms with Crippen molar-refractivity contribution < 1.29 is 4.79 Å². The molecule has 1 N–H and O–H groups in total. The maximum Gasteiger partial charge on any atom is 0.251 e. The minimum atomic E-state index is -0.0782. The summed E-state index contributed by atoms with van der Waals surface area (Å²) >= 11 is 7.60. The first-order valence-corrected chi connectivity index (χ1v) is 12.5. The number of rotatable bonds is 10. The minimum absolute atomic E-state index is 0.0782. The van der Waals surface area contributed by atoms with Gasteiger partial charge >= 0.3 is 0 Å². The third kappa shape index (κ3) is 6.08. The average Bonchev–Trinajstić information content (AvgIpc) is 3.46. The normalized spacial score (nSPS) is 11.1. The highest BCUT2D eigenvalue weighted by Gasteiger charge is 2.14. The molecule has 0 aliphatic rings. The predicted molar refractivity (Wildman–Crippen MR) is 140 cm³/mol. The minimum Gasteiger partial charge on any atom is -0.355 e. The smallest absolute Gasteiger partial charge is 0.251 e. The van der Waals surface area contributed by atoms with Crippen molar-refractivity contribution in [2.75, 3.05) is 14.1 Å². The van der Waals surface area contributed by atoms with Crippen molar-refractivity contribution in [3.63, 3.8) is 0 Å². The third-order valence-corrected chi connectivity index (χ3v) is 6.96. The Morgan fingerprint density at radius 1 is 1.06 bits per heavy atom. The van der Waals surface area contributed by atoms with Gasteiger partial charge in [-0.25, -0.2) is 4.68 Å². The molecule has 4 rings (SSSR count). The van der Waals surface area contributed by atoms with Crippen molar-refractivity contribution in [1.29, 1.82) is 0 Å². The average molecular weight is 492 g/mol. The standard InChI is InChI=1S/C26H29N5OS2/c1-27-25(32)22-12-10-21(11-13-22)18-29(2)19-31-26(33)30(15-14-20-7-4-3-5-8-20)24(28-31)17-23-9-6-16-34-23/h3-13,16H,14-15,17-19H2,1-2H3,(H,27,32). The first kappa shape index (κ1) is 24.1. The van der Waals surface area contributed by atoms with Crippen LogP contribution < -0.4 is 5.32 Å². The molecule has 0 aliphatic heterocycles. The summed E-state index contributed by atoms with van der Waals surface area (Å²) in [5.74, 6) is 0.914. The van der Waals surface area contributed by atoms with Gasteiger partial charge in [0.2, 0.25) is 0 Å². The summed E-state index contributed by atoms with van der Waals surface area (Å²) in [4.78, 5) is 15.2. The zero-order valence-corrected chi connectivity index (χ0v) is 21.1. The molecule has 8 heteroatoms. The first-order chi connectivity index (χ1) is 16.5. The van der Waals surface area contributed by atoms with Crippen LogP contribution in [0.2, 0.25) is 0 Å². The monoisotopic (exact) mass is 491 g/mol. The van der Waals surface area contributed by atoms with Crippen molar-refractivity contribution >= 4 is 29.5 Å². The summed E-state index contributed by atoms with van der Waals surface area (Å²) in [5.41, 5.74) is 3.08. The van der Waals surface area contributed by atoms with Crippen molar-refractivity contribution in [2.45, 2.75) is 32.6 Å². The maximum atomic E-state index is 11.8. The lowest BCUT2D eigenvalue weighted by atomic mass is 10.1. The fraction of sp³-hybridized carbons (Fsp3) is 0.269. The van der Waals surface area contributed by atoms with E-state index in [0.717, 1.165) is 42.1 Å². The van der Waals surface area contributed by atoms with E-state index in [1.165, 1.54) is 10.4 Å². The fourth-order valence-electron chi connectivity index (χ4n) is 3.88. The molecule has 2 aromatic heterocycles. The Morgan fingerprint density at radius 2 is 1.82 bits per heavy atom. The Kier molecular flexibility index (Phi) is 8.05. The van der Waals surface area contributed by atoms with Gasteiger partial charge in [0, 0.05) is 37.0 Å². The van der Waals surface area contributed by atoms with Gasteiger partial charge < -0.3 is 9.88 Å². The Balaban J connectivity index is 1.49. The van der Waals surface area contributed by atoms with Gasteiger partial charge in [0.1, 0.15) is 5.82 Å². The van der Waals surface area contributed by atoms with E-state index in [1.54, 1.807) is 18.4 Å². The lowest BCUT2D eigenvalue weighted by molar-refractivity contribution is 0.0963. The molecule has 0 aliphatic carbocycles. The van der Waals surface area contributed by atoms with Gasteiger partial charge in [-0.3, -0.25) is 9.69 Å². The van der Waals surface area contributed by atoms with E-state index in [1.807, 2.05) is 35.0 Å². The van der Waals surface area contributed by atoms with Crippen LogP contribution in [0.4, 0.5) is 0 Å². The van der Waals surface area contributed by atoms with Crippen molar-refractivity contribution in [1.82, 2.24) is 24.6 Å². The summed E-state index contributed by atoms with van der Waals surface area (Å²) in [6.07, 6.45) is 1.68. The molecule has 6 nitrogen and oxygen atoms in total. The third-order valence-electron chi connectivity index (χ3n) is 5.65. The van der Waals surface area contributed by atoms with Crippen LogP contribution in [0.1, 0.15) is 32.2 Å². The van der Waals surface area contributed by atoms with E-state index in [0.29, 0.717) is 12.2 Å². The summed E-state index contributed by atoms with van der Waals surface area (Å²) in [6, 6.07) is 22.4. The van der Waals surface area contributed by atoms with E-state index in [4.69, 9.17) is 17.3 Å². The molecule has 0 radical (unpaired) electrons. The number of aromatic nitrogens is 3. The Labute approximate surface area is 209 Å². The van der Waals surface area contributed by atoms with Gasteiger partial charge in [-0.05, 0) is 60.4 Å².